The van der Waals surface area contributed by atoms with Crippen molar-refractivity contribution < 1.29 is 24.2 Å². The first-order valence-corrected chi connectivity index (χ1v) is 6.13. The molecule has 0 aromatic carbocycles. The number of carbonyl (C=O) groups excluding carboxylic acids is 2. The Hall–Kier alpha value is -1.70. The van der Waals surface area contributed by atoms with Gasteiger partial charge >= 0.3 is 18.0 Å². The third kappa shape index (κ3) is 3.66. The van der Waals surface area contributed by atoms with Crippen molar-refractivity contribution in [3.8, 4) is 0 Å². The Morgan fingerprint density at radius 1 is 1.44 bits per heavy atom. The largest absolute Gasteiger partial charge is 0.481 e. The van der Waals surface area contributed by atoms with E-state index in [0.29, 0.717) is 0 Å². The zero-order valence-corrected chi connectivity index (χ0v) is 10.7. The van der Waals surface area contributed by atoms with Gasteiger partial charge in [-0.3, -0.25) is 9.59 Å². The quantitative estimate of drug-likeness (QED) is 0.764. The zero-order chi connectivity index (χ0) is 13.7. The van der Waals surface area contributed by atoms with Crippen LogP contribution < -0.4 is 0 Å². The zero-order valence-electron chi connectivity index (χ0n) is 9.87. The van der Waals surface area contributed by atoms with Crippen molar-refractivity contribution >= 4 is 40.5 Å². The van der Waals surface area contributed by atoms with Gasteiger partial charge in [0, 0.05) is 5.71 Å². The summed E-state index contributed by atoms with van der Waals surface area (Å²) in [6, 6.07) is -0.735. The summed E-state index contributed by atoms with van der Waals surface area (Å²) < 4.78 is 4.85. The summed E-state index contributed by atoms with van der Waals surface area (Å²) in [5.74, 6) is -2.80. The number of thioether (sulfide) groups is 1. The first-order valence-electron chi connectivity index (χ1n) is 5.14. The van der Waals surface area contributed by atoms with Gasteiger partial charge < -0.3 is 9.84 Å². The van der Waals surface area contributed by atoms with Crippen molar-refractivity contribution in [1.29, 1.82) is 0 Å². The van der Waals surface area contributed by atoms with E-state index in [9.17, 15) is 14.4 Å². The number of hydrogen-bond acceptors (Lipinski definition) is 5. The number of rotatable bonds is 4. The molecule has 1 atom stereocenters. The molecule has 7 nitrogen and oxygen atoms in total. The molecule has 1 unspecified atom stereocenters. The Morgan fingerprint density at radius 2 is 2.11 bits per heavy atom. The van der Waals surface area contributed by atoms with Gasteiger partial charge in [-0.25, -0.2) is 4.79 Å². The molecular weight excluding hydrogens is 260 g/mol. The lowest BCUT2D eigenvalue weighted by Gasteiger charge is -2.18. The summed E-state index contributed by atoms with van der Waals surface area (Å²) in [6.07, 6.45) is 0. The number of aliphatic imine (C=N–C) groups is 2. The molecule has 1 aliphatic heterocycles. The highest BCUT2D eigenvalue weighted by Crippen LogP contribution is 2.21. The highest BCUT2D eigenvalue weighted by molar-refractivity contribution is 8.14. The fourth-order valence-corrected chi connectivity index (χ4v) is 2.17. The van der Waals surface area contributed by atoms with Gasteiger partial charge in [0.15, 0.2) is 0 Å². The van der Waals surface area contributed by atoms with E-state index in [1.165, 1.54) is 6.92 Å². The number of aliphatic carboxylic acids is 1. The molecule has 2 amide bonds. The Kier molecular flexibility index (Phi) is 5.02. The summed E-state index contributed by atoms with van der Waals surface area (Å²) in [5.41, 5.74) is 0.265. The molecule has 1 N–H and O–H groups in total. The molecule has 8 heteroatoms. The molecule has 0 bridgehead atoms. The predicted octanol–water partition coefficient (Wildman–Crippen LogP) is 0.977. The summed E-state index contributed by atoms with van der Waals surface area (Å²) >= 11 is 0.823. The van der Waals surface area contributed by atoms with Crippen molar-refractivity contribution in [2.45, 2.75) is 13.8 Å². The minimum Gasteiger partial charge on any atom is -0.481 e. The van der Waals surface area contributed by atoms with Crippen LogP contribution in [-0.2, 0) is 14.3 Å². The molecule has 0 radical (unpaired) electrons. The van der Waals surface area contributed by atoms with Crippen LogP contribution in [0.4, 0.5) is 4.79 Å². The van der Waals surface area contributed by atoms with Crippen molar-refractivity contribution in [2.24, 2.45) is 15.9 Å². The van der Waals surface area contributed by atoms with Crippen LogP contribution in [0.5, 0.6) is 0 Å². The van der Waals surface area contributed by atoms with E-state index >= 15 is 0 Å². The fourth-order valence-electron chi connectivity index (χ4n) is 1.33. The molecule has 0 aromatic rings. The highest BCUT2D eigenvalue weighted by Gasteiger charge is 2.33. The molecule has 1 rings (SSSR count). The maximum absolute atomic E-state index is 11.7. The summed E-state index contributed by atoms with van der Waals surface area (Å²) in [6.45, 7) is 3.35. The van der Waals surface area contributed by atoms with Gasteiger partial charge in [-0.1, -0.05) is 11.8 Å². The third-order valence-corrected chi connectivity index (χ3v) is 3.02. The summed E-state index contributed by atoms with van der Waals surface area (Å²) in [4.78, 5) is 40.5. The second kappa shape index (κ2) is 6.29. The number of carbonyl (C=O) groups is 3. The molecule has 0 saturated carbocycles. The smallest absolute Gasteiger partial charge is 0.367 e. The maximum Gasteiger partial charge on any atom is 0.367 e. The summed E-state index contributed by atoms with van der Waals surface area (Å²) in [5, 5.41) is 8.72. The average Bonchev–Trinajstić information content (AvgIpc) is 2.25. The second-order valence-corrected chi connectivity index (χ2v) is 4.35. The molecule has 0 aromatic heterocycles. The molecule has 1 aliphatic rings. The average molecular weight is 272 g/mol. The first-order chi connectivity index (χ1) is 8.45. The van der Waals surface area contributed by atoms with Gasteiger partial charge in [-0.15, -0.1) is 0 Å². The van der Waals surface area contributed by atoms with Crippen LogP contribution in [0, 0.1) is 5.92 Å². The van der Waals surface area contributed by atoms with Crippen LogP contribution in [0.1, 0.15) is 13.8 Å². The topological polar surface area (TPSA) is 105 Å². The Labute approximate surface area is 107 Å². The number of nitrogens with zero attached hydrogens (tertiary/aromatic N) is 2. The van der Waals surface area contributed by atoms with E-state index in [2.05, 4.69) is 9.98 Å². The van der Waals surface area contributed by atoms with E-state index in [1.807, 2.05) is 0 Å². The molecule has 1 heterocycles. The first kappa shape index (κ1) is 14.4. The summed E-state index contributed by atoms with van der Waals surface area (Å²) in [7, 11) is 0. The van der Waals surface area contributed by atoms with E-state index in [1.54, 1.807) is 6.92 Å². The lowest BCUT2D eigenvalue weighted by Crippen LogP contribution is -2.34. The van der Waals surface area contributed by atoms with Crippen molar-refractivity contribution in [2.75, 3.05) is 12.4 Å². The minimum absolute atomic E-state index is 0.119. The van der Waals surface area contributed by atoms with Crippen molar-refractivity contribution in [3.63, 3.8) is 0 Å². The predicted molar refractivity (Wildman–Crippen MR) is 66.2 cm³/mol. The SMILES string of the molecule is CCOC(=O)C1C(C)=NC(=O)N=C1SCC(=O)O. The molecule has 0 fully saturated rings. The molecule has 0 saturated heterocycles. The third-order valence-electron chi connectivity index (χ3n) is 2.01. The van der Waals surface area contributed by atoms with Crippen molar-refractivity contribution in [1.82, 2.24) is 0 Å². The lowest BCUT2D eigenvalue weighted by atomic mass is 10.1. The minimum atomic E-state index is -1.06. The lowest BCUT2D eigenvalue weighted by molar-refractivity contribution is -0.143. The van der Waals surface area contributed by atoms with Gasteiger partial charge in [0.05, 0.1) is 17.4 Å². The highest BCUT2D eigenvalue weighted by atomic mass is 32.2. The van der Waals surface area contributed by atoms with Gasteiger partial charge in [0.25, 0.3) is 0 Å². The number of carboxylic acid groups (broad SMARTS) is 1. The Balaban J connectivity index is 2.90. The number of ether oxygens (including phenoxy) is 1. The van der Waals surface area contributed by atoms with Crippen LogP contribution in [0.3, 0.4) is 0 Å². The standard InChI is InChI=1S/C10H12N2O5S/c1-3-17-9(15)7-5(2)11-10(16)12-8(7)18-4-6(13)14/h7H,3-4H2,1-2H3,(H,13,14). The second-order valence-electron chi connectivity index (χ2n) is 3.35. The molecule has 0 spiro atoms. The van der Waals surface area contributed by atoms with Crippen LogP contribution in [-0.4, -0.2) is 46.2 Å². The number of amides is 2. The molecule has 18 heavy (non-hydrogen) atoms. The van der Waals surface area contributed by atoms with Gasteiger partial charge in [0.2, 0.25) is 0 Å². The fraction of sp³-hybridized carbons (Fsp3) is 0.500. The van der Waals surface area contributed by atoms with Crippen LogP contribution in [0.15, 0.2) is 9.98 Å². The number of esters is 1. The number of carboxylic acids is 1. The van der Waals surface area contributed by atoms with Crippen LogP contribution >= 0.6 is 11.8 Å². The Morgan fingerprint density at radius 3 is 2.67 bits per heavy atom. The van der Waals surface area contributed by atoms with E-state index < -0.39 is 23.9 Å². The van der Waals surface area contributed by atoms with Gasteiger partial charge in [-0.2, -0.15) is 9.98 Å². The van der Waals surface area contributed by atoms with Gasteiger partial charge in [0.1, 0.15) is 5.92 Å². The number of urea groups is 1. The van der Waals surface area contributed by atoms with E-state index in [-0.39, 0.29) is 23.1 Å². The number of hydrogen-bond donors (Lipinski definition) is 1. The van der Waals surface area contributed by atoms with Crippen LogP contribution in [0.25, 0.3) is 0 Å². The van der Waals surface area contributed by atoms with Crippen LogP contribution in [0.2, 0.25) is 0 Å². The van der Waals surface area contributed by atoms with Gasteiger partial charge in [-0.05, 0) is 13.8 Å². The van der Waals surface area contributed by atoms with Crippen molar-refractivity contribution in [3.05, 3.63) is 0 Å². The van der Waals surface area contributed by atoms with E-state index in [4.69, 9.17) is 9.84 Å². The maximum atomic E-state index is 11.7. The normalized spacial score (nSPS) is 19.0. The van der Waals surface area contributed by atoms with E-state index in [0.717, 1.165) is 11.8 Å². The Bertz CT molecular complexity index is 444. The molecule has 98 valence electrons. The monoisotopic (exact) mass is 272 g/mol. The molecular formula is C10H12N2O5S. The molecule has 0 aliphatic carbocycles.